The van der Waals surface area contributed by atoms with Crippen molar-refractivity contribution in [2.24, 2.45) is 0 Å². The Morgan fingerprint density at radius 1 is 0.816 bits per heavy atom. The summed E-state index contributed by atoms with van der Waals surface area (Å²) in [6.07, 6.45) is 1.33. The van der Waals surface area contributed by atoms with Crippen molar-refractivity contribution >= 4 is 40.9 Å². The van der Waals surface area contributed by atoms with Gasteiger partial charge in [0.25, 0.3) is 11.8 Å². The van der Waals surface area contributed by atoms with Crippen molar-refractivity contribution in [3.05, 3.63) is 120 Å². The third-order valence-corrected chi connectivity index (χ3v) is 6.01. The van der Waals surface area contributed by atoms with Crippen LogP contribution in [-0.4, -0.2) is 22.0 Å². The van der Waals surface area contributed by atoms with Crippen molar-refractivity contribution in [3.63, 3.8) is 0 Å². The number of anilines is 1. The van der Waals surface area contributed by atoms with Crippen LogP contribution in [0.3, 0.4) is 0 Å². The van der Waals surface area contributed by atoms with Gasteiger partial charge < -0.3 is 14.6 Å². The SMILES string of the molecule is O=C1NC(=S)N(c2ccc(Oc3ccccc3)cc2)C(=O)/C1=C/c1ccc(OCc2ccccc2)cc1O. The molecule has 2 N–H and O–H groups in total. The lowest BCUT2D eigenvalue weighted by Crippen LogP contribution is -2.54. The molecule has 1 saturated heterocycles. The van der Waals surface area contributed by atoms with Crippen molar-refractivity contribution in [3.8, 4) is 23.0 Å². The molecule has 5 rings (SSSR count). The fourth-order valence-corrected chi connectivity index (χ4v) is 4.09. The van der Waals surface area contributed by atoms with Crippen molar-refractivity contribution < 1.29 is 24.2 Å². The molecule has 0 aliphatic carbocycles. The zero-order chi connectivity index (χ0) is 26.5. The van der Waals surface area contributed by atoms with E-state index in [4.69, 9.17) is 21.7 Å². The summed E-state index contributed by atoms with van der Waals surface area (Å²) in [6, 6.07) is 30.4. The zero-order valence-electron chi connectivity index (χ0n) is 20.0. The molecular weight excluding hydrogens is 500 g/mol. The van der Waals surface area contributed by atoms with E-state index in [9.17, 15) is 14.7 Å². The maximum atomic E-state index is 13.3. The van der Waals surface area contributed by atoms with Gasteiger partial charge in [-0.3, -0.25) is 19.8 Å². The van der Waals surface area contributed by atoms with E-state index in [1.54, 1.807) is 36.4 Å². The quantitative estimate of drug-likeness (QED) is 0.187. The van der Waals surface area contributed by atoms with Crippen LogP contribution in [0.25, 0.3) is 6.08 Å². The van der Waals surface area contributed by atoms with E-state index in [1.165, 1.54) is 17.0 Å². The molecule has 8 heteroatoms. The Morgan fingerprint density at radius 3 is 2.13 bits per heavy atom. The van der Waals surface area contributed by atoms with Gasteiger partial charge in [-0.1, -0.05) is 48.5 Å². The first-order valence-corrected chi connectivity index (χ1v) is 12.1. The molecule has 0 saturated carbocycles. The van der Waals surface area contributed by atoms with Crippen molar-refractivity contribution in [2.75, 3.05) is 4.90 Å². The van der Waals surface area contributed by atoms with Gasteiger partial charge in [-0.05, 0) is 72.4 Å². The number of nitrogens with one attached hydrogen (secondary N) is 1. The molecule has 1 heterocycles. The minimum Gasteiger partial charge on any atom is -0.507 e. The van der Waals surface area contributed by atoms with Gasteiger partial charge >= 0.3 is 0 Å². The van der Waals surface area contributed by atoms with Crippen molar-refractivity contribution in [1.82, 2.24) is 5.32 Å². The molecular formula is C30H22N2O5S. The first-order valence-electron chi connectivity index (χ1n) is 11.7. The topological polar surface area (TPSA) is 88.1 Å². The van der Waals surface area contributed by atoms with Crippen molar-refractivity contribution in [1.29, 1.82) is 0 Å². The highest BCUT2D eigenvalue weighted by Gasteiger charge is 2.34. The van der Waals surface area contributed by atoms with Gasteiger partial charge in [-0.2, -0.15) is 0 Å². The Labute approximate surface area is 224 Å². The Balaban J connectivity index is 1.33. The van der Waals surface area contributed by atoms with Gasteiger partial charge in [0.15, 0.2) is 5.11 Å². The number of benzene rings is 4. The van der Waals surface area contributed by atoms with Crippen LogP contribution in [-0.2, 0) is 16.2 Å². The predicted molar refractivity (Wildman–Crippen MR) is 148 cm³/mol. The number of amides is 2. The van der Waals surface area contributed by atoms with Crippen LogP contribution in [0.5, 0.6) is 23.0 Å². The maximum absolute atomic E-state index is 13.3. The lowest BCUT2D eigenvalue weighted by atomic mass is 10.1. The molecule has 1 fully saturated rings. The predicted octanol–water partition coefficient (Wildman–Crippen LogP) is 5.59. The molecule has 0 radical (unpaired) electrons. The number of thiocarbonyl (C=S) groups is 1. The minimum absolute atomic E-state index is 0.0391. The van der Waals surface area contributed by atoms with E-state index >= 15 is 0 Å². The first kappa shape index (κ1) is 24.7. The highest BCUT2D eigenvalue weighted by molar-refractivity contribution is 7.80. The molecule has 38 heavy (non-hydrogen) atoms. The summed E-state index contributed by atoms with van der Waals surface area (Å²) in [5.74, 6) is 0.316. The second-order valence-electron chi connectivity index (χ2n) is 8.36. The smallest absolute Gasteiger partial charge is 0.270 e. The largest absolute Gasteiger partial charge is 0.507 e. The highest BCUT2D eigenvalue weighted by atomic mass is 32.1. The number of para-hydroxylation sites is 1. The first-order chi connectivity index (χ1) is 18.5. The molecule has 0 unspecified atom stereocenters. The average molecular weight is 523 g/mol. The fourth-order valence-electron chi connectivity index (χ4n) is 3.81. The van der Waals surface area contributed by atoms with Gasteiger partial charge in [-0.25, -0.2) is 0 Å². The maximum Gasteiger partial charge on any atom is 0.270 e. The van der Waals surface area contributed by atoms with Crippen LogP contribution in [0.2, 0.25) is 0 Å². The summed E-state index contributed by atoms with van der Waals surface area (Å²) in [7, 11) is 0. The molecule has 4 aromatic carbocycles. The fraction of sp³-hybridized carbons (Fsp3) is 0.0333. The van der Waals surface area contributed by atoms with Gasteiger partial charge in [0, 0.05) is 11.6 Å². The second-order valence-corrected chi connectivity index (χ2v) is 8.75. The van der Waals surface area contributed by atoms with Gasteiger partial charge in [0.05, 0.1) is 5.69 Å². The molecule has 188 valence electrons. The number of carbonyl (C=O) groups is 2. The summed E-state index contributed by atoms with van der Waals surface area (Å²) in [5.41, 5.74) is 1.56. The number of nitrogens with zero attached hydrogens (tertiary/aromatic N) is 1. The van der Waals surface area contributed by atoms with Crippen LogP contribution in [0.15, 0.2) is 109 Å². The Bertz CT molecular complexity index is 1520. The van der Waals surface area contributed by atoms with Gasteiger partial charge in [0.1, 0.15) is 35.2 Å². The van der Waals surface area contributed by atoms with Gasteiger partial charge in [-0.15, -0.1) is 0 Å². The molecule has 0 aromatic heterocycles. The second kappa shape index (κ2) is 11.0. The number of carbonyl (C=O) groups excluding carboxylic acids is 2. The average Bonchev–Trinajstić information content (AvgIpc) is 2.93. The van der Waals surface area contributed by atoms with Crippen LogP contribution >= 0.6 is 12.2 Å². The molecule has 0 spiro atoms. The van der Waals surface area contributed by atoms with E-state index in [-0.39, 0.29) is 22.0 Å². The van der Waals surface area contributed by atoms with Gasteiger partial charge in [0.2, 0.25) is 0 Å². The summed E-state index contributed by atoms with van der Waals surface area (Å²) < 4.78 is 11.5. The molecule has 1 aliphatic heterocycles. The molecule has 2 amide bonds. The number of rotatable bonds is 7. The Morgan fingerprint density at radius 2 is 1.45 bits per heavy atom. The van der Waals surface area contributed by atoms with Crippen LogP contribution in [0.1, 0.15) is 11.1 Å². The van der Waals surface area contributed by atoms with E-state index in [2.05, 4.69) is 5.32 Å². The lowest BCUT2D eigenvalue weighted by molar-refractivity contribution is -0.122. The number of phenols is 1. The van der Waals surface area contributed by atoms with Crippen LogP contribution in [0, 0.1) is 0 Å². The summed E-state index contributed by atoms with van der Waals surface area (Å²) in [6.45, 7) is 0.336. The summed E-state index contributed by atoms with van der Waals surface area (Å²) in [4.78, 5) is 27.2. The van der Waals surface area contributed by atoms with E-state index in [1.807, 2.05) is 60.7 Å². The van der Waals surface area contributed by atoms with Crippen molar-refractivity contribution in [2.45, 2.75) is 6.61 Å². The van der Waals surface area contributed by atoms with E-state index in [0.29, 0.717) is 29.5 Å². The molecule has 0 bridgehead atoms. The Kier molecular flexibility index (Phi) is 7.15. The number of phenolic OH excluding ortho intramolecular Hbond substituents is 1. The van der Waals surface area contributed by atoms with Crippen LogP contribution in [0.4, 0.5) is 5.69 Å². The van der Waals surface area contributed by atoms with Crippen LogP contribution < -0.4 is 19.7 Å². The monoisotopic (exact) mass is 522 g/mol. The molecule has 0 atom stereocenters. The van der Waals surface area contributed by atoms with E-state index < -0.39 is 11.8 Å². The molecule has 7 nitrogen and oxygen atoms in total. The number of aromatic hydroxyl groups is 1. The number of ether oxygens (including phenoxy) is 2. The minimum atomic E-state index is -0.649. The summed E-state index contributed by atoms with van der Waals surface area (Å²) >= 11 is 5.28. The zero-order valence-corrected chi connectivity index (χ0v) is 20.9. The standard InChI is InChI=1S/C30H22N2O5S/c33-27-18-25(36-19-20-7-3-1-4-8-20)14-11-21(27)17-26-28(34)31-30(38)32(29(26)35)22-12-15-24(16-13-22)37-23-9-5-2-6-10-23/h1-18,33H,19H2,(H,31,34,38)/b26-17+. The highest BCUT2D eigenvalue weighted by Crippen LogP contribution is 2.30. The number of hydrogen-bond acceptors (Lipinski definition) is 6. The molecule has 4 aromatic rings. The number of hydrogen-bond donors (Lipinski definition) is 2. The normalized spacial score (nSPS) is 14.4. The van der Waals surface area contributed by atoms with E-state index in [0.717, 1.165) is 5.56 Å². The third kappa shape index (κ3) is 5.55. The molecule has 1 aliphatic rings. The Hall–Kier alpha value is -4.95. The summed E-state index contributed by atoms with van der Waals surface area (Å²) in [5, 5.41) is 13.1. The lowest BCUT2D eigenvalue weighted by Gasteiger charge is -2.29. The third-order valence-electron chi connectivity index (χ3n) is 5.73.